The van der Waals surface area contributed by atoms with Gasteiger partial charge in [0.05, 0.1) is 23.8 Å². The van der Waals surface area contributed by atoms with Crippen molar-refractivity contribution in [3.8, 4) is 5.69 Å². The number of aryl methyl sites for hydroxylation is 2. The van der Waals surface area contributed by atoms with Crippen LogP contribution in [0.15, 0.2) is 65.5 Å². The summed E-state index contributed by atoms with van der Waals surface area (Å²) in [5.41, 5.74) is 5.52. The van der Waals surface area contributed by atoms with Gasteiger partial charge in [-0.25, -0.2) is 4.98 Å². The highest BCUT2D eigenvalue weighted by molar-refractivity contribution is 9.10. The van der Waals surface area contributed by atoms with E-state index in [0.29, 0.717) is 0 Å². The van der Waals surface area contributed by atoms with Gasteiger partial charge in [0.1, 0.15) is 0 Å². The van der Waals surface area contributed by atoms with Crippen LogP contribution in [0.3, 0.4) is 0 Å². The Bertz CT molecular complexity index is 1020. The van der Waals surface area contributed by atoms with Crippen LogP contribution in [0, 0.1) is 6.92 Å². The number of hydrogen-bond donors (Lipinski definition) is 1. The van der Waals surface area contributed by atoms with E-state index in [4.69, 9.17) is 0 Å². The number of aromatic nitrogens is 2. The molecule has 0 spiro atoms. The van der Waals surface area contributed by atoms with Gasteiger partial charge >= 0.3 is 0 Å². The maximum atomic E-state index is 12.3. The second-order valence-electron chi connectivity index (χ2n) is 6.77. The lowest BCUT2D eigenvalue weighted by molar-refractivity contribution is -0.117. The van der Waals surface area contributed by atoms with E-state index in [1.807, 2.05) is 48.0 Å². The van der Waals surface area contributed by atoms with E-state index >= 15 is 0 Å². The van der Waals surface area contributed by atoms with Gasteiger partial charge in [-0.05, 0) is 70.6 Å². The summed E-state index contributed by atoms with van der Waals surface area (Å²) in [6.45, 7) is 1.96. The summed E-state index contributed by atoms with van der Waals surface area (Å²) in [5.74, 6) is -0.0675. The summed E-state index contributed by atoms with van der Waals surface area (Å²) in [7, 11) is 0. The number of carbonyl (C=O) groups excluding carboxylic acids is 1. The molecule has 0 aliphatic heterocycles. The normalized spacial score (nSPS) is 15.9. The van der Waals surface area contributed by atoms with Crippen LogP contribution in [0.25, 0.3) is 11.8 Å². The lowest BCUT2D eigenvalue weighted by Crippen LogP contribution is -2.25. The van der Waals surface area contributed by atoms with Crippen LogP contribution in [0.2, 0.25) is 0 Å². The first-order chi connectivity index (χ1) is 13.1. The van der Waals surface area contributed by atoms with Crippen LogP contribution in [0.1, 0.15) is 34.8 Å². The second-order valence-corrected chi connectivity index (χ2v) is 7.62. The fourth-order valence-electron chi connectivity index (χ4n) is 3.49. The first kappa shape index (κ1) is 17.7. The molecule has 0 radical (unpaired) electrons. The number of nitrogens with one attached hydrogen (secondary N) is 1. The molecule has 0 bridgehead atoms. The standard InChI is InChI=1S/C22H20BrN3O/c1-15-13-26(14-24-15)21-10-6-16(12-19(21)23)7-11-22(27)25-20-9-8-17-4-2-3-5-18(17)20/h2-7,10-14,20H,8-9H2,1H3,(H,25,27)/b11-7+. The zero-order chi connectivity index (χ0) is 18.8. The average Bonchev–Trinajstić information content (AvgIpc) is 3.27. The van der Waals surface area contributed by atoms with Gasteiger partial charge < -0.3 is 9.88 Å². The molecule has 1 aliphatic carbocycles. The van der Waals surface area contributed by atoms with Crippen molar-refractivity contribution in [3.05, 3.63) is 87.9 Å². The molecule has 1 aromatic heterocycles. The van der Waals surface area contributed by atoms with Crippen molar-refractivity contribution in [1.82, 2.24) is 14.9 Å². The number of imidazole rings is 1. The Balaban J connectivity index is 1.44. The third-order valence-corrected chi connectivity index (χ3v) is 5.47. The fraction of sp³-hybridized carbons (Fsp3) is 0.182. The van der Waals surface area contributed by atoms with Gasteiger partial charge in [-0.2, -0.15) is 0 Å². The van der Waals surface area contributed by atoms with E-state index in [-0.39, 0.29) is 11.9 Å². The molecule has 27 heavy (non-hydrogen) atoms. The average molecular weight is 422 g/mol. The van der Waals surface area contributed by atoms with Crippen LogP contribution in [0.5, 0.6) is 0 Å². The Hall–Kier alpha value is -2.66. The number of carbonyl (C=O) groups is 1. The lowest BCUT2D eigenvalue weighted by Gasteiger charge is -2.12. The number of rotatable bonds is 4. The lowest BCUT2D eigenvalue weighted by atomic mass is 10.1. The molecular formula is C22H20BrN3O. The highest BCUT2D eigenvalue weighted by atomic mass is 79.9. The van der Waals surface area contributed by atoms with Gasteiger partial charge in [-0.15, -0.1) is 0 Å². The van der Waals surface area contributed by atoms with Gasteiger partial charge in [0, 0.05) is 16.7 Å². The van der Waals surface area contributed by atoms with E-state index in [1.165, 1.54) is 11.1 Å². The van der Waals surface area contributed by atoms with Crippen molar-refractivity contribution < 1.29 is 4.79 Å². The van der Waals surface area contributed by atoms with Crippen LogP contribution < -0.4 is 5.32 Å². The molecule has 1 unspecified atom stereocenters. The van der Waals surface area contributed by atoms with Crippen molar-refractivity contribution in [2.24, 2.45) is 0 Å². The van der Waals surface area contributed by atoms with Crippen LogP contribution in [-0.4, -0.2) is 15.5 Å². The summed E-state index contributed by atoms with van der Waals surface area (Å²) in [5, 5.41) is 3.11. The molecule has 4 rings (SSSR count). The Kier molecular flexibility index (Phi) is 4.94. The monoisotopic (exact) mass is 421 g/mol. The molecule has 5 heteroatoms. The molecule has 1 heterocycles. The largest absolute Gasteiger partial charge is 0.346 e. The minimum Gasteiger partial charge on any atom is -0.346 e. The molecule has 1 atom stereocenters. The maximum absolute atomic E-state index is 12.3. The number of hydrogen-bond acceptors (Lipinski definition) is 2. The first-order valence-electron chi connectivity index (χ1n) is 8.97. The molecule has 4 nitrogen and oxygen atoms in total. The summed E-state index contributed by atoms with van der Waals surface area (Å²) < 4.78 is 2.92. The molecule has 1 aliphatic rings. The van der Waals surface area contributed by atoms with Crippen molar-refractivity contribution in [2.45, 2.75) is 25.8 Å². The number of halogens is 1. The van der Waals surface area contributed by atoms with Crippen molar-refractivity contribution in [2.75, 3.05) is 0 Å². The molecule has 0 fully saturated rings. The predicted molar refractivity (Wildman–Crippen MR) is 111 cm³/mol. The van der Waals surface area contributed by atoms with E-state index in [9.17, 15) is 4.79 Å². The SMILES string of the molecule is Cc1cn(-c2ccc(/C=C/C(=O)NC3CCc4ccccc43)cc2Br)cn1. The molecule has 0 saturated carbocycles. The Labute approximate surface area is 167 Å². The van der Waals surface area contributed by atoms with E-state index in [2.05, 4.69) is 44.4 Å². The smallest absolute Gasteiger partial charge is 0.244 e. The quantitative estimate of drug-likeness (QED) is 0.617. The third-order valence-electron chi connectivity index (χ3n) is 4.84. The minimum absolute atomic E-state index is 0.0675. The van der Waals surface area contributed by atoms with Gasteiger partial charge in [0.2, 0.25) is 5.91 Å². The molecule has 1 amide bonds. The third kappa shape index (κ3) is 3.88. The van der Waals surface area contributed by atoms with Gasteiger partial charge in [0.15, 0.2) is 0 Å². The Morgan fingerprint density at radius 1 is 1.30 bits per heavy atom. The minimum atomic E-state index is -0.0675. The van der Waals surface area contributed by atoms with Crippen LogP contribution >= 0.6 is 15.9 Å². The maximum Gasteiger partial charge on any atom is 0.244 e. The van der Waals surface area contributed by atoms with Crippen molar-refractivity contribution in [3.63, 3.8) is 0 Å². The number of benzene rings is 2. The summed E-state index contributed by atoms with van der Waals surface area (Å²) >= 11 is 3.61. The highest BCUT2D eigenvalue weighted by Crippen LogP contribution is 2.30. The number of fused-ring (bicyclic) bond motifs is 1. The Morgan fingerprint density at radius 3 is 2.93 bits per heavy atom. The molecule has 136 valence electrons. The predicted octanol–water partition coefficient (Wildman–Crippen LogP) is 4.76. The zero-order valence-electron chi connectivity index (χ0n) is 15.0. The van der Waals surface area contributed by atoms with Crippen LogP contribution in [-0.2, 0) is 11.2 Å². The number of nitrogens with zero attached hydrogens (tertiary/aromatic N) is 2. The Morgan fingerprint density at radius 2 is 2.15 bits per heavy atom. The molecule has 0 saturated heterocycles. The molecular weight excluding hydrogens is 402 g/mol. The summed E-state index contributed by atoms with van der Waals surface area (Å²) in [6, 6.07) is 14.4. The van der Waals surface area contributed by atoms with Crippen LogP contribution in [0.4, 0.5) is 0 Å². The summed E-state index contributed by atoms with van der Waals surface area (Å²) in [4.78, 5) is 16.6. The van der Waals surface area contributed by atoms with Crippen molar-refractivity contribution in [1.29, 1.82) is 0 Å². The summed E-state index contributed by atoms with van der Waals surface area (Å²) in [6.07, 6.45) is 9.18. The molecule has 2 aromatic carbocycles. The van der Waals surface area contributed by atoms with Gasteiger partial charge in [0.25, 0.3) is 0 Å². The topological polar surface area (TPSA) is 46.9 Å². The highest BCUT2D eigenvalue weighted by Gasteiger charge is 2.22. The zero-order valence-corrected chi connectivity index (χ0v) is 16.6. The molecule has 1 N–H and O–H groups in total. The molecule has 3 aromatic rings. The van der Waals surface area contributed by atoms with Crippen molar-refractivity contribution >= 4 is 27.9 Å². The van der Waals surface area contributed by atoms with Gasteiger partial charge in [-0.3, -0.25) is 4.79 Å². The van der Waals surface area contributed by atoms with E-state index < -0.39 is 0 Å². The van der Waals surface area contributed by atoms with Gasteiger partial charge in [-0.1, -0.05) is 30.3 Å². The fourth-order valence-corrected chi connectivity index (χ4v) is 4.09. The van der Waals surface area contributed by atoms with E-state index in [0.717, 1.165) is 34.3 Å². The number of amides is 1. The second kappa shape index (κ2) is 7.53. The van der Waals surface area contributed by atoms with E-state index in [1.54, 1.807) is 12.4 Å². The first-order valence-corrected chi connectivity index (χ1v) is 9.76.